The fourth-order valence-corrected chi connectivity index (χ4v) is 1.64. The lowest BCUT2D eigenvalue weighted by molar-refractivity contribution is -0.135. The van der Waals surface area contributed by atoms with Crippen LogP contribution in [0.1, 0.15) is 10.4 Å². The van der Waals surface area contributed by atoms with Crippen LogP contribution in [-0.2, 0) is 9.53 Å². The van der Waals surface area contributed by atoms with Gasteiger partial charge < -0.3 is 9.84 Å². The molecule has 0 aliphatic carbocycles. The number of phenolic OH excluding ortho intramolecular Hbond substituents is 1. The van der Waals surface area contributed by atoms with E-state index in [9.17, 15) is 14.7 Å². The molecule has 17 heavy (non-hydrogen) atoms. The zero-order chi connectivity index (χ0) is 12.4. The summed E-state index contributed by atoms with van der Waals surface area (Å²) in [6, 6.07) is 10.1. The molecule has 0 aromatic heterocycles. The molecule has 0 unspecified atom stereocenters. The van der Waals surface area contributed by atoms with Gasteiger partial charge in [0, 0.05) is 5.39 Å². The number of benzene rings is 2. The fraction of sp³-hybridized carbons (Fsp3) is 0.0769. The number of fused-ring (bicyclic) bond motifs is 1. The molecule has 0 atom stereocenters. The third-order valence-electron chi connectivity index (χ3n) is 2.52. The van der Waals surface area contributed by atoms with Crippen molar-refractivity contribution in [2.24, 2.45) is 0 Å². The summed E-state index contributed by atoms with van der Waals surface area (Å²) in [5.74, 6) is -2.04. The maximum atomic E-state index is 11.6. The minimum Gasteiger partial charge on any atom is -0.507 e. The average Bonchev–Trinajstić information content (AvgIpc) is 2.38. The number of carbonyl (C=O) groups is 2. The van der Waals surface area contributed by atoms with Gasteiger partial charge in [0.2, 0.25) is 0 Å². The van der Waals surface area contributed by atoms with Crippen molar-refractivity contribution in [3.8, 4) is 5.75 Å². The van der Waals surface area contributed by atoms with Gasteiger partial charge in [-0.2, -0.15) is 0 Å². The van der Waals surface area contributed by atoms with Crippen LogP contribution >= 0.6 is 0 Å². The summed E-state index contributed by atoms with van der Waals surface area (Å²) < 4.78 is 4.33. The van der Waals surface area contributed by atoms with E-state index in [0.717, 1.165) is 12.5 Å². The Morgan fingerprint density at radius 2 is 1.82 bits per heavy atom. The molecule has 0 fully saturated rings. The molecule has 2 aromatic rings. The first-order valence-corrected chi connectivity index (χ1v) is 4.98. The average molecular weight is 230 g/mol. The second-order valence-electron chi connectivity index (χ2n) is 3.50. The molecule has 4 nitrogen and oxygen atoms in total. The lowest BCUT2D eigenvalue weighted by Crippen LogP contribution is -2.15. The number of hydrogen-bond donors (Lipinski definition) is 1. The van der Waals surface area contributed by atoms with Crippen LogP contribution in [0.15, 0.2) is 36.4 Å². The van der Waals surface area contributed by atoms with Gasteiger partial charge in [0.1, 0.15) is 5.75 Å². The number of methoxy groups -OCH3 is 1. The number of hydrogen-bond acceptors (Lipinski definition) is 4. The van der Waals surface area contributed by atoms with E-state index in [-0.39, 0.29) is 11.3 Å². The molecule has 0 spiro atoms. The summed E-state index contributed by atoms with van der Waals surface area (Å²) in [5.41, 5.74) is -0.0458. The van der Waals surface area contributed by atoms with Gasteiger partial charge in [0.05, 0.1) is 12.7 Å². The summed E-state index contributed by atoms with van der Waals surface area (Å²) >= 11 is 0. The fourth-order valence-electron chi connectivity index (χ4n) is 1.64. The van der Waals surface area contributed by atoms with Crippen LogP contribution in [0.3, 0.4) is 0 Å². The number of esters is 1. The summed E-state index contributed by atoms with van der Waals surface area (Å²) in [5, 5.41) is 11.3. The highest BCUT2D eigenvalue weighted by Crippen LogP contribution is 2.28. The maximum absolute atomic E-state index is 11.6. The second-order valence-corrected chi connectivity index (χ2v) is 3.50. The largest absolute Gasteiger partial charge is 0.507 e. The quantitative estimate of drug-likeness (QED) is 0.486. The van der Waals surface area contributed by atoms with Crippen molar-refractivity contribution in [1.29, 1.82) is 0 Å². The van der Waals surface area contributed by atoms with Crippen LogP contribution in [0.4, 0.5) is 0 Å². The van der Waals surface area contributed by atoms with Crippen LogP contribution in [0.25, 0.3) is 10.8 Å². The Balaban J connectivity index is 2.60. The highest BCUT2D eigenvalue weighted by atomic mass is 16.5. The molecule has 0 aliphatic rings. The van der Waals surface area contributed by atoms with Crippen LogP contribution in [-0.4, -0.2) is 24.0 Å². The lowest BCUT2D eigenvalue weighted by atomic mass is 10.0. The van der Waals surface area contributed by atoms with E-state index >= 15 is 0 Å². The predicted octanol–water partition coefficient (Wildman–Crippen LogP) is 1.90. The summed E-state index contributed by atoms with van der Waals surface area (Å²) in [6.45, 7) is 0. The van der Waals surface area contributed by atoms with E-state index in [1.807, 2.05) is 6.07 Å². The van der Waals surface area contributed by atoms with E-state index in [1.165, 1.54) is 6.07 Å². The SMILES string of the molecule is COC(=O)C(=O)c1ccc2ccccc2c1O. The molecule has 1 N–H and O–H groups in total. The zero-order valence-corrected chi connectivity index (χ0v) is 9.14. The zero-order valence-electron chi connectivity index (χ0n) is 9.14. The van der Waals surface area contributed by atoms with E-state index in [2.05, 4.69) is 4.74 Å². The van der Waals surface area contributed by atoms with Crippen LogP contribution in [0.5, 0.6) is 5.75 Å². The minimum absolute atomic E-state index is 0.0458. The minimum atomic E-state index is -0.990. The summed E-state index contributed by atoms with van der Waals surface area (Å²) in [4.78, 5) is 22.7. The van der Waals surface area contributed by atoms with Crippen LogP contribution < -0.4 is 0 Å². The molecule has 0 saturated heterocycles. The van der Waals surface area contributed by atoms with Gasteiger partial charge in [-0.25, -0.2) is 4.79 Å². The second kappa shape index (κ2) is 4.25. The molecule has 2 aromatic carbocycles. The molecule has 0 bridgehead atoms. The van der Waals surface area contributed by atoms with E-state index in [1.54, 1.807) is 24.3 Å². The Morgan fingerprint density at radius 1 is 1.12 bits per heavy atom. The van der Waals surface area contributed by atoms with Crippen molar-refractivity contribution in [2.75, 3.05) is 7.11 Å². The highest BCUT2D eigenvalue weighted by Gasteiger charge is 2.21. The van der Waals surface area contributed by atoms with Crippen molar-refractivity contribution in [3.05, 3.63) is 42.0 Å². The van der Waals surface area contributed by atoms with Crippen LogP contribution in [0.2, 0.25) is 0 Å². The highest BCUT2D eigenvalue weighted by molar-refractivity contribution is 6.41. The monoisotopic (exact) mass is 230 g/mol. The first kappa shape index (κ1) is 11.1. The predicted molar refractivity (Wildman–Crippen MR) is 62.0 cm³/mol. The third kappa shape index (κ3) is 1.85. The molecule has 0 saturated carbocycles. The number of aromatic hydroxyl groups is 1. The molecule has 0 heterocycles. The first-order chi connectivity index (χ1) is 8.15. The third-order valence-corrected chi connectivity index (χ3v) is 2.52. The topological polar surface area (TPSA) is 63.6 Å². The Bertz CT molecular complexity index is 601. The van der Waals surface area contributed by atoms with E-state index < -0.39 is 11.8 Å². The summed E-state index contributed by atoms with van der Waals surface area (Å²) in [6.07, 6.45) is 0. The van der Waals surface area contributed by atoms with Gasteiger partial charge in [-0.1, -0.05) is 30.3 Å². The molecular formula is C13H10O4. The normalized spacial score (nSPS) is 10.2. The number of phenols is 1. The molecular weight excluding hydrogens is 220 g/mol. The van der Waals surface area contributed by atoms with Crippen molar-refractivity contribution in [2.45, 2.75) is 0 Å². The van der Waals surface area contributed by atoms with Gasteiger partial charge in [0.15, 0.2) is 0 Å². The Kier molecular flexibility index (Phi) is 2.78. The van der Waals surface area contributed by atoms with Gasteiger partial charge in [-0.3, -0.25) is 4.79 Å². The van der Waals surface area contributed by atoms with Crippen molar-refractivity contribution in [1.82, 2.24) is 0 Å². The van der Waals surface area contributed by atoms with Crippen LogP contribution in [0, 0.1) is 0 Å². The van der Waals surface area contributed by atoms with Gasteiger partial charge in [0.25, 0.3) is 5.78 Å². The molecule has 2 rings (SSSR count). The summed E-state index contributed by atoms with van der Waals surface area (Å²) in [7, 11) is 1.12. The molecule has 0 amide bonds. The molecule has 86 valence electrons. The standard InChI is InChI=1S/C13H10O4/c1-17-13(16)12(15)10-7-6-8-4-2-3-5-9(8)11(10)14/h2-7,14H,1H3. The molecule has 4 heteroatoms. The molecule has 0 radical (unpaired) electrons. The number of rotatable bonds is 2. The first-order valence-electron chi connectivity index (χ1n) is 4.98. The smallest absolute Gasteiger partial charge is 0.379 e. The Hall–Kier alpha value is -2.36. The van der Waals surface area contributed by atoms with Gasteiger partial charge >= 0.3 is 5.97 Å². The number of carbonyl (C=O) groups excluding carboxylic acids is 2. The van der Waals surface area contributed by atoms with Crippen molar-refractivity contribution in [3.63, 3.8) is 0 Å². The number of ketones is 1. The Labute approximate surface area is 97.4 Å². The van der Waals surface area contributed by atoms with Crippen molar-refractivity contribution >= 4 is 22.5 Å². The molecule has 0 aliphatic heterocycles. The van der Waals surface area contributed by atoms with E-state index in [4.69, 9.17) is 0 Å². The lowest BCUT2D eigenvalue weighted by Gasteiger charge is -2.05. The maximum Gasteiger partial charge on any atom is 0.379 e. The number of ether oxygens (including phenoxy) is 1. The van der Waals surface area contributed by atoms with E-state index in [0.29, 0.717) is 5.39 Å². The van der Waals surface area contributed by atoms with Gasteiger partial charge in [-0.05, 0) is 11.5 Å². The van der Waals surface area contributed by atoms with Gasteiger partial charge in [-0.15, -0.1) is 0 Å². The Morgan fingerprint density at radius 3 is 2.53 bits per heavy atom. The number of Topliss-reactive ketones (excluding diaryl/α,β-unsaturated/α-hetero) is 1. The van der Waals surface area contributed by atoms with Crippen molar-refractivity contribution < 1.29 is 19.4 Å².